The molecule has 0 bridgehead atoms. The lowest BCUT2D eigenvalue weighted by Crippen LogP contribution is -2.41. The maximum atomic E-state index is 12.4. The third-order valence-corrected chi connectivity index (χ3v) is 5.05. The van der Waals surface area contributed by atoms with Crippen molar-refractivity contribution in [3.63, 3.8) is 0 Å². The quantitative estimate of drug-likeness (QED) is 0.431. The minimum Gasteiger partial charge on any atom is -0.353 e. The van der Waals surface area contributed by atoms with E-state index in [4.69, 9.17) is 10.2 Å². The molecule has 3 nitrogen and oxygen atoms in total. The van der Waals surface area contributed by atoms with Crippen LogP contribution < -0.4 is 0 Å². The van der Waals surface area contributed by atoms with Crippen LogP contribution in [0.15, 0.2) is 10.4 Å². The van der Waals surface area contributed by atoms with Gasteiger partial charge in [-0.05, 0) is 12.2 Å². The second-order valence-electron chi connectivity index (χ2n) is 4.42. The largest absolute Gasteiger partial charge is 0.450 e. The van der Waals surface area contributed by atoms with E-state index in [0.29, 0.717) is 15.5 Å². The maximum Gasteiger partial charge on any atom is 0.450 e. The molecule has 0 aliphatic carbocycles. The number of thiazole rings is 1. The van der Waals surface area contributed by atoms with Crippen LogP contribution in [0.2, 0.25) is 0 Å². The van der Waals surface area contributed by atoms with Gasteiger partial charge in [-0.3, -0.25) is 0 Å². The Bertz CT molecular complexity index is 408. The molecule has 20 heavy (non-hydrogen) atoms. The van der Waals surface area contributed by atoms with Crippen molar-refractivity contribution >= 4 is 23.1 Å². The van der Waals surface area contributed by atoms with E-state index in [9.17, 15) is 13.2 Å². The summed E-state index contributed by atoms with van der Waals surface area (Å²) < 4.78 is 37.8. The fraction of sp³-hybridized carbons (Fsp3) is 0.750. The molecule has 1 aromatic rings. The molecule has 0 unspecified atom stereocenters. The Morgan fingerprint density at radius 2 is 1.85 bits per heavy atom. The molecule has 0 radical (unpaired) electrons. The van der Waals surface area contributed by atoms with Crippen molar-refractivity contribution < 1.29 is 23.4 Å². The van der Waals surface area contributed by atoms with E-state index in [-0.39, 0.29) is 0 Å². The van der Waals surface area contributed by atoms with Crippen LogP contribution in [-0.4, -0.2) is 27.1 Å². The summed E-state index contributed by atoms with van der Waals surface area (Å²) in [6.07, 6.45) is 1.71. The molecule has 0 saturated heterocycles. The average Bonchev–Trinajstić information content (AvgIpc) is 2.81. The summed E-state index contributed by atoms with van der Waals surface area (Å²) in [7, 11) is 0. The molecule has 0 saturated carbocycles. The zero-order chi connectivity index (χ0) is 15.2. The number of nitrogens with zero attached hydrogens (tertiary/aromatic N) is 1. The normalized spacial score (nSPS) is 12.9. The van der Waals surface area contributed by atoms with Gasteiger partial charge in [0.2, 0.25) is 0 Å². The monoisotopic (exact) mass is 329 g/mol. The summed E-state index contributed by atoms with van der Waals surface area (Å²) in [6, 6.07) is 0. The molecule has 1 aromatic heterocycles. The van der Waals surface area contributed by atoms with Gasteiger partial charge in [-0.15, -0.1) is 23.1 Å². The van der Waals surface area contributed by atoms with Gasteiger partial charge in [0.05, 0.1) is 10.4 Å². The van der Waals surface area contributed by atoms with Gasteiger partial charge in [-0.1, -0.05) is 32.6 Å². The molecular weight excluding hydrogens is 311 g/mol. The van der Waals surface area contributed by atoms with Crippen LogP contribution in [0.1, 0.15) is 44.0 Å². The van der Waals surface area contributed by atoms with Crippen LogP contribution >= 0.6 is 23.1 Å². The first-order valence-corrected chi connectivity index (χ1v) is 8.19. The highest BCUT2D eigenvalue weighted by molar-refractivity contribution is 8.01. The highest BCUT2D eigenvalue weighted by atomic mass is 32.2. The lowest BCUT2D eigenvalue weighted by Gasteiger charge is -2.21. The SMILES string of the molecule is CCCCCCCSc1cnc(C(O)(O)C(F)(F)F)s1. The van der Waals surface area contributed by atoms with Crippen molar-refractivity contribution in [3.8, 4) is 0 Å². The summed E-state index contributed by atoms with van der Waals surface area (Å²) in [5.74, 6) is -3.07. The predicted octanol–water partition coefficient (Wildman–Crippen LogP) is 3.91. The van der Waals surface area contributed by atoms with Crippen molar-refractivity contribution in [2.24, 2.45) is 0 Å². The van der Waals surface area contributed by atoms with Gasteiger partial charge in [-0.2, -0.15) is 13.2 Å². The van der Waals surface area contributed by atoms with Crippen LogP contribution in [-0.2, 0) is 5.79 Å². The third kappa shape index (κ3) is 4.91. The number of unbranched alkanes of at least 4 members (excludes halogenated alkanes) is 4. The maximum absolute atomic E-state index is 12.4. The molecule has 0 fully saturated rings. The Morgan fingerprint density at radius 1 is 1.20 bits per heavy atom. The minimum absolute atomic E-state index is 0.562. The zero-order valence-electron chi connectivity index (χ0n) is 11.1. The summed E-state index contributed by atoms with van der Waals surface area (Å²) in [4.78, 5) is 3.46. The zero-order valence-corrected chi connectivity index (χ0v) is 12.7. The van der Waals surface area contributed by atoms with Gasteiger partial charge >= 0.3 is 12.0 Å². The second-order valence-corrected chi connectivity index (χ2v) is 6.84. The molecule has 0 aliphatic rings. The molecule has 1 heterocycles. The molecular formula is C12H18F3NO2S2. The van der Waals surface area contributed by atoms with Crippen LogP contribution in [0, 0.1) is 0 Å². The highest BCUT2D eigenvalue weighted by Gasteiger charge is 2.56. The number of halogens is 3. The molecule has 0 amide bonds. The number of alkyl halides is 3. The van der Waals surface area contributed by atoms with Gasteiger partial charge in [0.25, 0.3) is 0 Å². The van der Waals surface area contributed by atoms with E-state index < -0.39 is 17.0 Å². The van der Waals surface area contributed by atoms with Gasteiger partial charge in [0.15, 0.2) is 5.01 Å². The van der Waals surface area contributed by atoms with E-state index in [2.05, 4.69) is 11.9 Å². The summed E-state index contributed by atoms with van der Waals surface area (Å²) >= 11 is 2.06. The highest BCUT2D eigenvalue weighted by Crippen LogP contribution is 2.40. The molecule has 0 aromatic carbocycles. The van der Waals surface area contributed by atoms with E-state index in [1.807, 2.05) is 0 Å². The van der Waals surface area contributed by atoms with Gasteiger partial charge in [0, 0.05) is 0 Å². The smallest absolute Gasteiger partial charge is 0.353 e. The average molecular weight is 329 g/mol. The predicted molar refractivity (Wildman–Crippen MR) is 73.8 cm³/mol. The first-order chi connectivity index (χ1) is 9.29. The van der Waals surface area contributed by atoms with Crippen molar-refractivity contribution in [3.05, 3.63) is 11.2 Å². The number of rotatable bonds is 8. The fourth-order valence-electron chi connectivity index (χ4n) is 1.49. The lowest BCUT2D eigenvalue weighted by molar-refractivity contribution is -0.358. The number of aromatic nitrogens is 1. The molecule has 2 N–H and O–H groups in total. The van der Waals surface area contributed by atoms with E-state index >= 15 is 0 Å². The first kappa shape index (κ1) is 17.7. The number of aliphatic hydroxyl groups is 2. The van der Waals surface area contributed by atoms with Crippen molar-refractivity contribution in [2.75, 3.05) is 5.75 Å². The Labute approximate surface area is 124 Å². The lowest BCUT2D eigenvalue weighted by atomic mass is 10.2. The summed E-state index contributed by atoms with van der Waals surface area (Å²) in [6.45, 7) is 2.13. The standard InChI is InChI=1S/C12H18F3NO2S2/c1-2-3-4-5-6-7-19-9-8-16-10(20-9)11(17,18)12(13,14)15/h8,17-18H,2-7H2,1H3. The molecule has 0 atom stereocenters. The number of hydrogen-bond acceptors (Lipinski definition) is 5. The molecule has 0 aliphatic heterocycles. The van der Waals surface area contributed by atoms with Crippen LogP contribution in [0.4, 0.5) is 13.2 Å². The first-order valence-electron chi connectivity index (χ1n) is 6.39. The third-order valence-electron chi connectivity index (χ3n) is 2.67. The molecule has 116 valence electrons. The Hall–Kier alpha value is -0.310. The number of thioether (sulfide) groups is 1. The van der Waals surface area contributed by atoms with Crippen LogP contribution in [0.5, 0.6) is 0 Å². The van der Waals surface area contributed by atoms with Crippen LogP contribution in [0.3, 0.4) is 0 Å². The van der Waals surface area contributed by atoms with Crippen LogP contribution in [0.25, 0.3) is 0 Å². The molecule has 1 rings (SSSR count). The van der Waals surface area contributed by atoms with Gasteiger partial charge in [-0.25, -0.2) is 4.98 Å². The Kier molecular flexibility index (Phi) is 6.77. The van der Waals surface area contributed by atoms with E-state index in [1.54, 1.807) is 0 Å². The van der Waals surface area contributed by atoms with E-state index in [0.717, 1.165) is 31.4 Å². The topological polar surface area (TPSA) is 53.4 Å². The molecule has 8 heteroatoms. The summed E-state index contributed by atoms with van der Waals surface area (Å²) in [5.41, 5.74) is 0. The fourth-order valence-corrected chi connectivity index (χ4v) is 3.55. The number of hydrogen-bond donors (Lipinski definition) is 2. The summed E-state index contributed by atoms with van der Waals surface area (Å²) in [5, 5.41) is 17.4. The van der Waals surface area contributed by atoms with E-state index in [1.165, 1.54) is 24.4 Å². The second kappa shape index (κ2) is 7.63. The minimum atomic E-state index is -5.15. The van der Waals surface area contributed by atoms with Crippen molar-refractivity contribution in [2.45, 2.75) is 55.2 Å². The van der Waals surface area contributed by atoms with Gasteiger partial charge < -0.3 is 10.2 Å². The van der Waals surface area contributed by atoms with Crippen molar-refractivity contribution in [1.82, 2.24) is 4.98 Å². The van der Waals surface area contributed by atoms with Crippen molar-refractivity contribution in [1.29, 1.82) is 0 Å². The van der Waals surface area contributed by atoms with Gasteiger partial charge in [0.1, 0.15) is 0 Å². The Balaban J connectivity index is 2.44. The molecule has 0 spiro atoms. The Morgan fingerprint density at radius 3 is 2.45 bits per heavy atom.